The van der Waals surface area contributed by atoms with Gasteiger partial charge in [0.2, 0.25) is 0 Å². The van der Waals surface area contributed by atoms with Gasteiger partial charge in [0.25, 0.3) is 0 Å². The van der Waals surface area contributed by atoms with Gasteiger partial charge in [-0.25, -0.2) is 4.79 Å². The largest absolute Gasteiger partial charge is 0.376 e. The maximum absolute atomic E-state index is 11.8. The zero-order valence-electron chi connectivity index (χ0n) is 12.3. The van der Waals surface area contributed by atoms with Gasteiger partial charge in [0.15, 0.2) is 0 Å². The monoisotopic (exact) mass is 320 g/mol. The van der Waals surface area contributed by atoms with E-state index in [-0.39, 0.29) is 12.1 Å². The molecule has 2 aromatic rings. The predicted octanol–water partition coefficient (Wildman–Crippen LogP) is 2.84. The molecular formula is C15H20N4O2S. The van der Waals surface area contributed by atoms with Crippen molar-refractivity contribution in [2.24, 2.45) is 0 Å². The van der Waals surface area contributed by atoms with Gasteiger partial charge in [0.05, 0.1) is 31.1 Å². The lowest BCUT2D eigenvalue weighted by molar-refractivity contribution is 0.00401. The molecule has 2 aromatic heterocycles. The Labute approximate surface area is 133 Å². The van der Waals surface area contributed by atoms with E-state index in [9.17, 15) is 4.79 Å². The van der Waals surface area contributed by atoms with E-state index in [1.165, 1.54) is 6.42 Å². The lowest BCUT2D eigenvalue weighted by Crippen LogP contribution is -2.27. The van der Waals surface area contributed by atoms with Crippen LogP contribution in [0.15, 0.2) is 29.9 Å². The molecule has 1 aliphatic heterocycles. The fraction of sp³-hybridized carbons (Fsp3) is 0.467. The van der Waals surface area contributed by atoms with Crippen LogP contribution in [0, 0.1) is 0 Å². The van der Waals surface area contributed by atoms with E-state index >= 15 is 0 Å². The number of nitrogens with zero attached hydrogens (tertiary/aromatic N) is 2. The second-order valence-electron chi connectivity index (χ2n) is 5.33. The fourth-order valence-electron chi connectivity index (χ4n) is 2.44. The number of nitrogens with one attached hydrogen (secondary N) is 2. The Balaban J connectivity index is 1.45. The van der Waals surface area contributed by atoms with Crippen molar-refractivity contribution in [1.82, 2.24) is 15.1 Å². The molecule has 0 aliphatic carbocycles. The molecule has 6 nitrogen and oxygen atoms in total. The summed E-state index contributed by atoms with van der Waals surface area (Å²) in [6, 6.07) is 3.74. The topological polar surface area (TPSA) is 68.2 Å². The average molecular weight is 320 g/mol. The minimum atomic E-state index is -0.220. The zero-order valence-corrected chi connectivity index (χ0v) is 13.1. The summed E-state index contributed by atoms with van der Waals surface area (Å²) < 4.78 is 7.52. The third-order valence-electron chi connectivity index (χ3n) is 3.56. The standard InChI is InChI=1S/C15H20N4O2S/c20-15(16-9-14-5-3-7-22-14)18-12-8-17-19(10-12)11-13-4-1-2-6-21-13/h3,5,7-8,10,13H,1-2,4,6,9,11H2,(H2,16,18,20)/t13-/m0/s1. The molecule has 0 bridgehead atoms. The maximum atomic E-state index is 11.8. The van der Waals surface area contributed by atoms with E-state index in [0.717, 1.165) is 30.9 Å². The Bertz CT molecular complexity index is 590. The van der Waals surface area contributed by atoms with Crippen molar-refractivity contribution in [3.8, 4) is 0 Å². The summed E-state index contributed by atoms with van der Waals surface area (Å²) in [6.07, 6.45) is 7.16. The Morgan fingerprint density at radius 1 is 1.50 bits per heavy atom. The van der Waals surface area contributed by atoms with Crippen LogP contribution in [-0.4, -0.2) is 28.5 Å². The summed E-state index contributed by atoms with van der Waals surface area (Å²) >= 11 is 1.62. The highest BCUT2D eigenvalue weighted by molar-refractivity contribution is 7.09. The molecule has 1 aliphatic rings. The van der Waals surface area contributed by atoms with Crippen molar-refractivity contribution >= 4 is 23.1 Å². The number of anilines is 1. The Morgan fingerprint density at radius 3 is 3.23 bits per heavy atom. The van der Waals surface area contributed by atoms with Crippen LogP contribution in [0.2, 0.25) is 0 Å². The van der Waals surface area contributed by atoms with Crippen LogP contribution in [-0.2, 0) is 17.8 Å². The van der Waals surface area contributed by atoms with Crippen molar-refractivity contribution in [1.29, 1.82) is 0 Å². The number of carbonyl (C=O) groups excluding carboxylic acids is 1. The molecule has 0 unspecified atom stereocenters. The molecule has 0 saturated carbocycles. The predicted molar refractivity (Wildman–Crippen MR) is 86.0 cm³/mol. The summed E-state index contributed by atoms with van der Waals surface area (Å²) in [6.45, 7) is 2.11. The normalized spacial score (nSPS) is 18.1. The van der Waals surface area contributed by atoms with Gasteiger partial charge in [-0.05, 0) is 30.7 Å². The van der Waals surface area contributed by atoms with Gasteiger partial charge in [-0.2, -0.15) is 5.10 Å². The van der Waals surface area contributed by atoms with Crippen molar-refractivity contribution in [3.63, 3.8) is 0 Å². The van der Waals surface area contributed by atoms with E-state index in [1.54, 1.807) is 17.5 Å². The summed E-state index contributed by atoms with van der Waals surface area (Å²) in [5, 5.41) is 11.9. The smallest absolute Gasteiger partial charge is 0.319 e. The number of rotatable bonds is 5. The molecule has 2 N–H and O–H groups in total. The van der Waals surface area contributed by atoms with Crippen LogP contribution in [0.1, 0.15) is 24.1 Å². The first-order chi connectivity index (χ1) is 10.8. The first-order valence-electron chi connectivity index (χ1n) is 7.51. The number of thiophene rings is 1. The molecular weight excluding hydrogens is 300 g/mol. The van der Waals surface area contributed by atoms with E-state index < -0.39 is 0 Å². The van der Waals surface area contributed by atoms with Gasteiger partial charge < -0.3 is 15.4 Å². The molecule has 0 radical (unpaired) electrons. The van der Waals surface area contributed by atoms with Gasteiger partial charge in [0.1, 0.15) is 0 Å². The van der Waals surface area contributed by atoms with Crippen LogP contribution >= 0.6 is 11.3 Å². The number of hydrogen-bond donors (Lipinski definition) is 2. The van der Waals surface area contributed by atoms with Gasteiger partial charge in [-0.3, -0.25) is 4.68 Å². The highest BCUT2D eigenvalue weighted by Crippen LogP contribution is 2.15. The Morgan fingerprint density at radius 2 is 2.45 bits per heavy atom. The molecule has 1 saturated heterocycles. The molecule has 1 atom stereocenters. The minimum Gasteiger partial charge on any atom is -0.376 e. The van der Waals surface area contributed by atoms with Crippen LogP contribution in [0.25, 0.3) is 0 Å². The number of aromatic nitrogens is 2. The summed E-state index contributed by atoms with van der Waals surface area (Å²) in [7, 11) is 0. The van der Waals surface area contributed by atoms with Gasteiger partial charge in [-0.15, -0.1) is 11.3 Å². The molecule has 3 rings (SSSR count). The van der Waals surface area contributed by atoms with Gasteiger partial charge in [0, 0.05) is 17.7 Å². The van der Waals surface area contributed by atoms with E-state index in [2.05, 4.69) is 15.7 Å². The fourth-order valence-corrected chi connectivity index (χ4v) is 3.09. The lowest BCUT2D eigenvalue weighted by Gasteiger charge is -2.22. The lowest BCUT2D eigenvalue weighted by atomic mass is 10.1. The molecule has 22 heavy (non-hydrogen) atoms. The van der Waals surface area contributed by atoms with Crippen molar-refractivity contribution in [3.05, 3.63) is 34.8 Å². The Hall–Kier alpha value is -1.86. The second-order valence-corrected chi connectivity index (χ2v) is 6.36. The third-order valence-corrected chi connectivity index (χ3v) is 4.44. The SMILES string of the molecule is O=C(NCc1cccs1)Nc1cnn(C[C@@H]2CCCCO2)c1. The molecule has 118 valence electrons. The number of hydrogen-bond acceptors (Lipinski definition) is 4. The Kier molecular flexibility index (Phi) is 5.07. The number of ether oxygens (including phenoxy) is 1. The van der Waals surface area contributed by atoms with E-state index in [4.69, 9.17) is 4.74 Å². The average Bonchev–Trinajstić information content (AvgIpc) is 3.18. The summed E-state index contributed by atoms with van der Waals surface area (Å²) in [5.74, 6) is 0. The van der Waals surface area contributed by atoms with Gasteiger partial charge in [-0.1, -0.05) is 6.07 Å². The minimum absolute atomic E-state index is 0.220. The number of urea groups is 1. The summed E-state index contributed by atoms with van der Waals surface area (Å²) in [4.78, 5) is 13.0. The summed E-state index contributed by atoms with van der Waals surface area (Å²) in [5.41, 5.74) is 0.694. The number of amides is 2. The van der Waals surface area contributed by atoms with Crippen molar-refractivity contribution in [2.75, 3.05) is 11.9 Å². The van der Waals surface area contributed by atoms with Crippen LogP contribution in [0.5, 0.6) is 0 Å². The molecule has 3 heterocycles. The zero-order chi connectivity index (χ0) is 15.2. The maximum Gasteiger partial charge on any atom is 0.319 e. The first kappa shape index (κ1) is 15.1. The number of carbonyl (C=O) groups is 1. The van der Waals surface area contributed by atoms with E-state index in [1.807, 2.05) is 28.4 Å². The molecule has 2 amide bonds. The quantitative estimate of drug-likeness (QED) is 0.890. The third kappa shape index (κ3) is 4.32. The highest BCUT2D eigenvalue weighted by atomic mass is 32.1. The van der Waals surface area contributed by atoms with Crippen LogP contribution in [0.3, 0.4) is 0 Å². The second kappa shape index (κ2) is 7.42. The molecule has 0 aromatic carbocycles. The highest BCUT2D eigenvalue weighted by Gasteiger charge is 2.15. The molecule has 1 fully saturated rings. The van der Waals surface area contributed by atoms with Gasteiger partial charge >= 0.3 is 6.03 Å². The van der Waals surface area contributed by atoms with E-state index in [0.29, 0.717) is 12.2 Å². The van der Waals surface area contributed by atoms with Crippen molar-refractivity contribution < 1.29 is 9.53 Å². The van der Waals surface area contributed by atoms with Crippen LogP contribution < -0.4 is 10.6 Å². The molecule has 0 spiro atoms. The van der Waals surface area contributed by atoms with Crippen LogP contribution in [0.4, 0.5) is 10.5 Å². The molecule has 7 heteroatoms. The van der Waals surface area contributed by atoms with Crippen molar-refractivity contribution in [2.45, 2.75) is 38.5 Å². The first-order valence-corrected chi connectivity index (χ1v) is 8.39.